The van der Waals surface area contributed by atoms with E-state index in [0.717, 1.165) is 16.9 Å². The van der Waals surface area contributed by atoms with Crippen molar-refractivity contribution in [2.24, 2.45) is 0 Å². The third-order valence-electron chi connectivity index (χ3n) is 6.15. The van der Waals surface area contributed by atoms with E-state index in [9.17, 15) is 19.3 Å². The van der Waals surface area contributed by atoms with Crippen LogP contribution >= 0.6 is 0 Å². The molecule has 2 heterocycles. The number of rotatable bonds is 9. The minimum atomic E-state index is -0.411. The Morgan fingerprint density at radius 1 is 1.00 bits per heavy atom. The van der Waals surface area contributed by atoms with E-state index in [4.69, 9.17) is 0 Å². The second-order valence-corrected chi connectivity index (χ2v) is 8.55. The first-order valence-electron chi connectivity index (χ1n) is 11.6. The predicted octanol–water partition coefficient (Wildman–Crippen LogP) is 3.52. The molecule has 0 bridgehead atoms. The number of anilines is 1. The SMILES string of the molecule is O=C(CN(CCc1ccccn1)Cc1ccc(F)cc1)N1CCN(c2ccc([N+](=O)[O-])cc2)CC1. The fourth-order valence-corrected chi connectivity index (χ4v) is 4.17. The van der Waals surface area contributed by atoms with Crippen LogP contribution in [0.25, 0.3) is 0 Å². The summed E-state index contributed by atoms with van der Waals surface area (Å²) in [5.74, 6) is -0.229. The molecule has 1 amide bonds. The summed E-state index contributed by atoms with van der Waals surface area (Å²) in [5.41, 5.74) is 2.88. The molecule has 0 spiro atoms. The second kappa shape index (κ2) is 11.5. The summed E-state index contributed by atoms with van der Waals surface area (Å²) in [7, 11) is 0. The topological polar surface area (TPSA) is 82.8 Å². The minimum absolute atomic E-state index is 0.0523. The maximum absolute atomic E-state index is 13.3. The number of piperazine rings is 1. The molecule has 0 atom stereocenters. The predicted molar refractivity (Wildman–Crippen MR) is 132 cm³/mol. The monoisotopic (exact) mass is 477 g/mol. The lowest BCUT2D eigenvalue weighted by atomic mass is 10.2. The van der Waals surface area contributed by atoms with Crippen molar-refractivity contribution in [3.63, 3.8) is 0 Å². The summed E-state index contributed by atoms with van der Waals surface area (Å²) in [5, 5.41) is 10.9. The molecule has 9 heteroatoms. The number of carbonyl (C=O) groups excluding carboxylic acids is 1. The molecular weight excluding hydrogens is 449 g/mol. The van der Waals surface area contributed by atoms with Gasteiger partial charge in [0, 0.05) is 75.4 Å². The van der Waals surface area contributed by atoms with Crippen LogP contribution in [0.3, 0.4) is 0 Å². The summed E-state index contributed by atoms with van der Waals surface area (Å²) in [6, 6.07) is 18.7. The van der Waals surface area contributed by atoms with Gasteiger partial charge in [0.1, 0.15) is 5.82 Å². The van der Waals surface area contributed by atoms with Gasteiger partial charge in [-0.3, -0.25) is 24.8 Å². The zero-order valence-electron chi connectivity index (χ0n) is 19.4. The number of benzene rings is 2. The lowest BCUT2D eigenvalue weighted by molar-refractivity contribution is -0.384. The fraction of sp³-hybridized carbons (Fsp3) is 0.308. The van der Waals surface area contributed by atoms with Crippen LogP contribution < -0.4 is 4.90 Å². The van der Waals surface area contributed by atoms with Gasteiger partial charge < -0.3 is 9.80 Å². The van der Waals surface area contributed by atoms with E-state index in [0.29, 0.717) is 45.7 Å². The van der Waals surface area contributed by atoms with Gasteiger partial charge in [0.25, 0.3) is 5.69 Å². The van der Waals surface area contributed by atoms with Crippen molar-refractivity contribution in [2.45, 2.75) is 13.0 Å². The third kappa shape index (κ3) is 6.83. The van der Waals surface area contributed by atoms with E-state index in [2.05, 4.69) is 14.8 Å². The second-order valence-electron chi connectivity index (χ2n) is 8.55. The summed E-state index contributed by atoms with van der Waals surface area (Å²) < 4.78 is 13.3. The Labute approximate surface area is 203 Å². The Morgan fingerprint density at radius 3 is 2.34 bits per heavy atom. The van der Waals surface area contributed by atoms with Crippen molar-refractivity contribution in [3.05, 3.63) is 100 Å². The fourth-order valence-electron chi connectivity index (χ4n) is 4.17. The van der Waals surface area contributed by atoms with Crippen LogP contribution in [-0.2, 0) is 17.8 Å². The summed E-state index contributed by atoms with van der Waals surface area (Å²) >= 11 is 0. The van der Waals surface area contributed by atoms with E-state index in [1.165, 1.54) is 24.3 Å². The van der Waals surface area contributed by atoms with E-state index in [1.54, 1.807) is 30.5 Å². The van der Waals surface area contributed by atoms with Crippen LogP contribution in [-0.4, -0.2) is 64.9 Å². The first-order valence-corrected chi connectivity index (χ1v) is 11.6. The van der Waals surface area contributed by atoms with Crippen LogP contribution in [0.15, 0.2) is 72.9 Å². The Balaban J connectivity index is 1.34. The molecule has 0 radical (unpaired) electrons. The van der Waals surface area contributed by atoms with E-state index < -0.39 is 4.92 Å². The standard InChI is InChI=1S/C26H28FN5O3/c27-22-6-4-21(5-7-22)19-29(14-12-23-3-1-2-13-28-23)20-26(33)31-17-15-30(16-18-31)24-8-10-25(11-9-24)32(34)35/h1-11,13H,12,14-20H2. The van der Waals surface area contributed by atoms with Crippen LogP contribution in [0.2, 0.25) is 0 Å². The molecular formula is C26H28FN5O3. The molecule has 0 saturated carbocycles. The summed E-state index contributed by atoms with van der Waals surface area (Å²) in [6.07, 6.45) is 2.47. The molecule has 1 aliphatic heterocycles. The molecule has 4 rings (SSSR count). The Hall–Kier alpha value is -3.85. The van der Waals surface area contributed by atoms with Gasteiger partial charge in [-0.25, -0.2) is 4.39 Å². The van der Waals surface area contributed by atoms with Crippen molar-refractivity contribution < 1.29 is 14.1 Å². The zero-order chi connectivity index (χ0) is 24.6. The van der Waals surface area contributed by atoms with E-state index in [-0.39, 0.29) is 24.0 Å². The van der Waals surface area contributed by atoms with Crippen molar-refractivity contribution >= 4 is 17.3 Å². The molecule has 0 aliphatic carbocycles. The molecule has 2 aromatic carbocycles. The van der Waals surface area contributed by atoms with Crippen LogP contribution in [0, 0.1) is 15.9 Å². The number of hydrogen-bond donors (Lipinski definition) is 0. The highest BCUT2D eigenvalue weighted by Crippen LogP contribution is 2.21. The van der Waals surface area contributed by atoms with Crippen molar-refractivity contribution in [1.82, 2.24) is 14.8 Å². The van der Waals surface area contributed by atoms with Gasteiger partial charge in [0.05, 0.1) is 11.5 Å². The molecule has 1 aliphatic rings. The molecule has 182 valence electrons. The number of nitro groups is 1. The first kappa shape index (κ1) is 24.3. The van der Waals surface area contributed by atoms with E-state index in [1.807, 2.05) is 23.1 Å². The number of pyridine rings is 1. The number of aromatic nitrogens is 1. The average molecular weight is 478 g/mol. The Bertz CT molecular complexity index is 1120. The van der Waals surface area contributed by atoms with Crippen molar-refractivity contribution in [3.8, 4) is 0 Å². The molecule has 1 saturated heterocycles. The van der Waals surface area contributed by atoms with Gasteiger partial charge in [-0.2, -0.15) is 0 Å². The Morgan fingerprint density at radius 2 is 1.71 bits per heavy atom. The van der Waals surface area contributed by atoms with Gasteiger partial charge in [-0.1, -0.05) is 18.2 Å². The lowest BCUT2D eigenvalue weighted by Crippen LogP contribution is -2.51. The van der Waals surface area contributed by atoms with Gasteiger partial charge >= 0.3 is 0 Å². The van der Waals surface area contributed by atoms with Crippen LogP contribution in [0.1, 0.15) is 11.3 Å². The normalized spacial score (nSPS) is 13.8. The number of halogens is 1. The molecule has 3 aromatic rings. The highest BCUT2D eigenvalue weighted by atomic mass is 19.1. The van der Waals surface area contributed by atoms with Gasteiger partial charge in [0.2, 0.25) is 5.91 Å². The van der Waals surface area contributed by atoms with Crippen LogP contribution in [0.5, 0.6) is 0 Å². The number of carbonyl (C=O) groups is 1. The highest BCUT2D eigenvalue weighted by molar-refractivity contribution is 5.78. The quantitative estimate of drug-likeness (QED) is 0.346. The summed E-state index contributed by atoms with van der Waals surface area (Å²) in [4.78, 5) is 34.1. The molecule has 35 heavy (non-hydrogen) atoms. The minimum Gasteiger partial charge on any atom is -0.368 e. The third-order valence-corrected chi connectivity index (χ3v) is 6.15. The first-order chi connectivity index (χ1) is 17.0. The zero-order valence-corrected chi connectivity index (χ0v) is 19.4. The number of nitrogens with zero attached hydrogens (tertiary/aromatic N) is 5. The number of amides is 1. The van der Waals surface area contributed by atoms with Crippen molar-refractivity contribution in [1.29, 1.82) is 0 Å². The Kier molecular flexibility index (Phi) is 7.99. The lowest BCUT2D eigenvalue weighted by Gasteiger charge is -2.37. The smallest absolute Gasteiger partial charge is 0.269 e. The van der Waals surface area contributed by atoms with Gasteiger partial charge in [0.15, 0.2) is 0 Å². The molecule has 0 unspecified atom stereocenters. The number of hydrogen-bond acceptors (Lipinski definition) is 6. The number of nitro benzene ring substituents is 1. The van der Waals surface area contributed by atoms with Gasteiger partial charge in [-0.15, -0.1) is 0 Å². The van der Waals surface area contributed by atoms with Gasteiger partial charge in [-0.05, 0) is 42.0 Å². The number of non-ortho nitro benzene ring substituents is 1. The molecule has 1 fully saturated rings. The maximum atomic E-state index is 13.3. The molecule has 0 N–H and O–H groups in total. The molecule has 8 nitrogen and oxygen atoms in total. The molecule has 1 aromatic heterocycles. The summed E-state index contributed by atoms with van der Waals surface area (Å²) in [6.45, 7) is 3.96. The van der Waals surface area contributed by atoms with Crippen LogP contribution in [0.4, 0.5) is 15.8 Å². The largest absolute Gasteiger partial charge is 0.368 e. The maximum Gasteiger partial charge on any atom is 0.269 e. The highest BCUT2D eigenvalue weighted by Gasteiger charge is 2.23. The van der Waals surface area contributed by atoms with Crippen molar-refractivity contribution in [2.75, 3.05) is 44.2 Å². The average Bonchev–Trinajstić information content (AvgIpc) is 2.89. The van der Waals surface area contributed by atoms with E-state index >= 15 is 0 Å².